The molecular formula is C23H31FN4O3. The molecule has 0 bridgehead atoms. The molecule has 1 N–H and O–H groups in total. The van der Waals surface area contributed by atoms with Gasteiger partial charge in [0.1, 0.15) is 11.9 Å². The van der Waals surface area contributed by atoms with Gasteiger partial charge >= 0.3 is 0 Å². The van der Waals surface area contributed by atoms with Crippen LogP contribution in [0.15, 0.2) is 12.1 Å². The van der Waals surface area contributed by atoms with E-state index in [9.17, 15) is 14.4 Å². The summed E-state index contributed by atoms with van der Waals surface area (Å²) in [7, 11) is 0. The Morgan fingerprint density at radius 2 is 1.71 bits per heavy atom. The largest absolute Gasteiger partial charge is 0.366 e. The molecule has 2 fully saturated rings. The fourth-order valence-electron chi connectivity index (χ4n) is 5.66. The number of fused-ring (bicyclic) bond motifs is 1. The minimum Gasteiger partial charge on any atom is -0.366 e. The van der Waals surface area contributed by atoms with Crippen molar-refractivity contribution in [2.45, 2.75) is 77.7 Å². The highest BCUT2D eigenvalue weighted by Gasteiger charge is 2.41. The molecular weight excluding hydrogens is 399 g/mol. The van der Waals surface area contributed by atoms with Crippen molar-refractivity contribution >= 4 is 23.4 Å². The summed E-state index contributed by atoms with van der Waals surface area (Å²) in [4.78, 5) is 42.6. The molecule has 1 aromatic carbocycles. The summed E-state index contributed by atoms with van der Waals surface area (Å²) in [5.41, 5.74) is 1.56. The number of carbonyl (C=O) groups excluding carboxylic acids is 3. The highest BCUT2D eigenvalue weighted by Crippen LogP contribution is 2.35. The van der Waals surface area contributed by atoms with Gasteiger partial charge in [-0.2, -0.15) is 0 Å². The summed E-state index contributed by atoms with van der Waals surface area (Å²) in [5, 5.41) is 2.30. The molecule has 0 aromatic heterocycles. The lowest BCUT2D eigenvalue weighted by Crippen LogP contribution is -2.62. The average molecular weight is 431 g/mol. The lowest BCUT2D eigenvalue weighted by molar-refractivity contribution is -0.136. The van der Waals surface area contributed by atoms with Gasteiger partial charge in [-0.25, -0.2) is 4.39 Å². The van der Waals surface area contributed by atoms with E-state index < -0.39 is 17.8 Å². The number of amides is 3. The van der Waals surface area contributed by atoms with Crippen molar-refractivity contribution in [1.29, 1.82) is 0 Å². The normalized spacial score (nSPS) is 27.5. The van der Waals surface area contributed by atoms with Gasteiger partial charge < -0.3 is 9.80 Å². The molecule has 1 aromatic rings. The maximum absolute atomic E-state index is 15.1. The smallest absolute Gasteiger partial charge is 0.255 e. The molecule has 3 atom stereocenters. The number of piperazine rings is 1. The van der Waals surface area contributed by atoms with E-state index in [4.69, 9.17) is 0 Å². The van der Waals surface area contributed by atoms with Crippen LogP contribution in [0.4, 0.5) is 10.1 Å². The average Bonchev–Trinajstić information content (AvgIpc) is 2.95. The molecule has 2 saturated heterocycles. The van der Waals surface area contributed by atoms with E-state index in [0.29, 0.717) is 30.8 Å². The number of carbonyl (C=O) groups is 3. The Morgan fingerprint density at radius 3 is 2.29 bits per heavy atom. The first-order chi connectivity index (χ1) is 14.5. The molecule has 7 nitrogen and oxygen atoms in total. The van der Waals surface area contributed by atoms with Gasteiger partial charge in [-0.3, -0.25) is 24.6 Å². The van der Waals surface area contributed by atoms with Crippen LogP contribution in [0.3, 0.4) is 0 Å². The first-order valence-corrected chi connectivity index (χ1v) is 11.0. The molecule has 0 saturated carbocycles. The van der Waals surface area contributed by atoms with Crippen molar-refractivity contribution in [3.8, 4) is 0 Å². The number of nitrogens with zero attached hydrogens (tertiary/aromatic N) is 3. The van der Waals surface area contributed by atoms with Gasteiger partial charge in [0.15, 0.2) is 0 Å². The van der Waals surface area contributed by atoms with Crippen LogP contribution in [0.25, 0.3) is 0 Å². The van der Waals surface area contributed by atoms with Crippen LogP contribution < -0.4 is 10.2 Å². The molecule has 3 aliphatic rings. The van der Waals surface area contributed by atoms with E-state index in [-0.39, 0.29) is 42.4 Å². The lowest BCUT2D eigenvalue weighted by Gasteiger charge is -2.51. The zero-order valence-corrected chi connectivity index (χ0v) is 18.9. The van der Waals surface area contributed by atoms with Gasteiger partial charge in [-0.05, 0) is 58.7 Å². The van der Waals surface area contributed by atoms with Crippen LogP contribution in [0, 0.1) is 5.82 Å². The van der Waals surface area contributed by atoms with Gasteiger partial charge in [-0.15, -0.1) is 0 Å². The number of benzene rings is 1. The van der Waals surface area contributed by atoms with Gasteiger partial charge in [0, 0.05) is 49.2 Å². The molecule has 0 radical (unpaired) electrons. The minimum absolute atomic E-state index is 0.0241. The van der Waals surface area contributed by atoms with E-state index in [2.05, 4.69) is 49.7 Å². The molecule has 3 heterocycles. The van der Waals surface area contributed by atoms with Crippen LogP contribution >= 0.6 is 0 Å². The van der Waals surface area contributed by atoms with Crippen LogP contribution in [0.2, 0.25) is 0 Å². The minimum atomic E-state index is -0.695. The van der Waals surface area contributed by atoms with E-state index in [1.165, 1.54) is 11.0 Å². The monoisotopic (exact) mass is 430 g/mol. The molecule has 168 valence electrons. The maximum atomic E-state index is 15.1. The second-order valence-electron chi connectivity index (χ2n) is 10.0. The maximum Gasteiger partial charge on any atom is 0.255 e. The topological polar surface area (TPSA) is 73.0 Å². The van der Waals surface area contributed by atoms with Gasteiger partial charge in [0.25, 0.3) is 5.91 Å². The van der Waals surface area contributed by atoms with E-state index in [0.717, 1.165) is 5.56 Å². The Bertz CT molecular complexity index is 929. The van der Waals surface area contributed by atoms with Gasteiger partial charge in [-0.1, -0.05) is 0 Å². The number of hydrogen-bond donors (Lipinski definition) is 1. The number of piperidine rings is 1. The van der Waals surface area contributed by atoms with Crippen LogP contribution in [0.5, 0.6) is 0 Å². The molecule has 3 unspecified atom stereocenters. The summed E-state index contributed by atoms with van der Waals surface area (Å²) < 4.78 is 15.1. The summed E-state index contributed by atoms with van der Waals surface area (Å²) in [5.74, 6) is -1.55. The zero-order valence-electron chi connectivity index (χ0n) is 18.9. The fraction of sp³-hybridized carbons (Fsp3) is 0.609. The number of hydrogen-bond acceptors (Lipinski definition) is 5. The number of nitrogens with one attached hydrogen (secondary N) is 1. The zero-order chi connectivity index (χ0) is 22.7. The third-order valence-corrected chi connectivity index (χ3v) is 6.63. The Balaban J connectivity index is 1.58. The predicted molar refractivity (Wildman–Crippen MR) is 115 cm³/mol. The van der Waals surface area contributed by atoms with E-state index in [1.54, 1.807) is 6.07 Å². The first kappa shape index (κ1) is 21.7. The van der Waals surface area contributed by atoms with Crippen LogP contribution in [0.1, 0.15) is 63.4 Å². The standard InChI is InChI=1S/C23H31FN4O3/c1-13-10-26(11-14(2)28(13)23(3,4)5)19-8-15-12-27(22(31)16(15)9-17(19)24)18-6-7-20(29)25-21(18)30/h8-9,13-14,18H,6-7,10-12H2,1-5H3,(H,25,29,30). The van der Waals surface area contributed by atoms with Crippen LogP contribution in [-0.2, 0) is 16.1 Å². The summed E-state index contributed by atoms with van der Waals surface area (Å²) in [6.07, 6.45) is 0.494. The quantitative estimate of drug-likeness (QED) is 0.729. The van der Waals surface area contributed by atoms with Crippen LogP contribution in [-0.4, -0.2) is 64.3 Å². The Hall–Kier alpha value is -2.48. The van der Waals surface area contributed by atoms with Crippen molar-refractivity contribution in [3.63, 3.8) is 0 Å². The highest BCUT2D eigenvalue weighted by molar-refractivity contribution is 6.05. The van der Waals surface area contributed by atoms with Crippen molar-refractivity contribution in [3.05, 3.63) is 29.1 Å². The Kier molecular flexibility index (Phi) is 5.32. The third-order valence-electron chi connectivity index (χ3n) is 6.63. The van der Waals surface area contributed by atoms with E-state index >= 15 is 4.39 Å². The Morgan fingerprint density at radius 1 is 1.06 bits per heavy atom. The van der Waals surface area contributed by atoms with E-state index in [1.807, 2.05) is 0 Å². The van der Waals surface area contributed by atoms with Crippen molar-refractivity contribution in [1.82, 2.24) is 15.1 Å². The van der Waals surface area contributed by atoms with Crippen molar-refractivity contribution in [2.75, 3.05) is 18.0 Å². The second-order valence-corrected chi connectivity index (χ2v) is 10.0. The lowest BCUT2D eigenvalue weighted by atomic mass is 9.96. The number of rotatable bonds is 2. The molecule has 3 aliphatic heterocycles. The number of imide groups is 1. The molecule has 8 heteroatoms. The summed E-state index contributed by atoms with van der Waals surface area (Å²) in [6.45, 7) is 12.5. The summed E-state index contributed by atoms with van der Waals surface area (Å²) >= 11 is 0. The van der Waals surface area contributed by atoms with Gasteiger partial charge in [0.2, 0.25) is 11.8 Å². The molecule has 4 rings (SSSR count). The molecule has 0 spiro atoms. The molecule has 31 heavy (non-hydrogen) atoms. The van der Waals surface area contributed by atoms with Crippen molar-refractivity contribution in [2.24, 2.45) is 0 Å². The first-order valence-electron chi connectivity index (χ1n) is 11.0. The Labute approximate surface area is 182 Å². The second kappa shape index (κ2) is 7.58. The fourth-order valence-corrected chi connectivity index (χ4v) is 5.66. The molecule has 0 aliphatic carbocycles. The highest BCUT2D eigenvalue weighted by atomic mass is 19.1. The van der Waals surface area contributed by atoms with Gasteiger partial charge in [0.05, 0.1) is 5.69 Å². The SMILES string of the molecule is CC1CN(c2cc3c(cc2F)C(=O)N(C2CCC(=O)NC2=O)C3)CC(C)N1C(C)(C)C. The molecule has 3 amide bonds. The predicted octanol–water partition coefficient (Wildman–Crippen LogP) is 2.28. The summed E-state index contributed by atoms with van der Waals surface area (Å²) in [6, 6.07) is 2.88. The number of halogens is 1. The number of anilines is 1. The third kappa shape index (κ3) is 3.82. The van der Waals surface area contributed by atoms with Crippen molar-refractivity contribution < 1.29 is 18.8 Å².